The lowest BCUT2D eigenvalue weighted by Crippen LogP contribution is -2.57. The second kappa shape index (κ2) is 8.04. The van der Waals surface area contributed by atoms with Crippen LogP contribution in [0.2, 0.25) is 0 Å². The van der Waals surface area contributed by atoms with Crippen LogP contribution in [0.3, 0.4) is 0 Å². The number of rotatable bonds is 5. The molecule has 0 N–H and O–H groups in total. The summed E-state index contributed by atoms with van der Waals surface area (Å²) in [4.78, 5) is 28.9. The Morgan fingerprint density at radius 2 is 1.77 bits per heavy atom. The molecule has 136 valence electrons. The number of ether oxygens (including phenoxy) is 1. The van der Waals surface area contributed by atoms with Gasteiger partial charge in [-0.25, -0.2) is 0 Å². The van der Waals surface area contributed by atoms with Gasteiger partial charge in [0.05, 0.1) is 12.8 Å². The number of amides is 2. The monoisotopic (exact) mass is 352 g/mol. The van der Waals surface area contributed by atoms with E-state index in [1.807, 2.05) is 54.6 Å². The predicted molar refractivity (Wildman–Crippen MR) is 101 cm³/mol. The number of nitrogens with zero attached hydrogens (tertiary/aromatic N) is 2. The summed E-state index contributed by atoms with van der Waals surface area (Å²) in [6.07, 6.45) is 1.10. The first kappa shape index (κ1) is 18.0. The van der Waals surface area contributed by atoms with E-state index in [-0.39, 0.29) is 11.8 Å². The normalized spacial score (nSPS) is 17.3. The minimum Gasteiger partial charge on any atom is -0.495 e. The van der Waals surface area contributed by atoms with Crippen molar-refractivity contribution in [3.05, 3.63) is 60.2 Å². The molecular formula is C21H24N2O3. The second-order valence-electron chi connectivity index (χ2n) is 6.41. The molecule has 1 aliphatic heterocycles. The highest BCUT2D eigenvalue weighted by Gasteiger charge is 2.35. The Labute approximate surface area is 154 Å². The number of carbonyl (C=O) groups excluding carboxylic acids is 2. The first-order chi connectivity index (χ1) is 12.6. The molecule has 5 heteroatoms. The van der Waals surface area contributed by atoms with Crippen molar-refractivity contribution in [3.8, 4) is 5.75 Å². The smallest absolute Gasteiger partial charge is 0.249 e. The molecular weight excluding hydrogens is 328 g/mol. The molecule has 0 radical (unpaired) electrons. The van der Waals surface area contributed by atoms with E-state index in [2.05, 4.69) is 0 Å². The summed E-state index contributed by atoms with van der Waals surface area (Å²) in [6, 6.07) is 16.9. The quantitative estimate of drug-likeness (QED) is 0.831. The highest BCUT2D eigenvalue weighted by atomic mass is 16.5. The van der Waals surface area contributed by atoms with E-state index in [1.54, 1.807) is 23.8 Å². The Hall–Kier alpha value is -2.82. The molecule has 0 aromatic heterocycles. The minimum absolute atomic E-state index is 0.0226. The number of anilines is 1. The molecule has 1 aliphatic rings. The van der Waals surface area contributed by atoms with Gasteiger partial charge in [0.25, 0.3) is 0 Å². The first-order valence-electron chi connectivity index (χ1n) is 8.89. The Morgan fingerprint density at radius 3 is 2.50 bits per heavy atom. The van der Waals surface area contributed by atoms with Crippen molar-refractivity contribution in [2.75, 3.05) is 25.1 Å². The van der Waals surface area contributed by atoms with E-state index >= 15 is 0 Å². The Bertz CT molecular complexity index is 776. The maximum Gasteiger partial charge on any atom is 0.249 e. The van der Waals surface area contributed by atoms with Crippen molar-refractivity contribution < 1.29 is 14.3 Å². The van der Waals surface area contributed by atoms with E-state index in [1.165, 1.54) is 0 Å². The van der Waals surface area contributed by atoms with Gasteiger partial charge in [0.1, 0.15) is 11.8 Å². The van der Waals surface area contributed by atoms with Crippen molar-refractivity contribution in [2.45, 2.75) is 25.8 Å². The Balaban J connectivity index is 1.66. The fourth-order valence-corrected chi connectivity index (χ4v) is 3.34. The fourth-order valence-electron chi connectivity index (χ4n) is 3.34. The molecule has 5 nitrogen and oxygen atoms in total. The highest BCUT2D eigenvalue weighted by Crippen LogP contribution is 2.30. The lowest BCUT2D eigenvalue weighted by atomic mass is 10.1. The average molecular weight is 352 g/mol. The Morgan fingerprint density at radius 1 is 1.08 bits per heavy atom. The number of piperazine rings is 1. The molecule has 2 aromatic rings. The number of methoxy groups -OCH3 is 1. The van der Waals surface area contributed by atoms with E-state index < -0.39 is 6.04 Å². The molecule has 2 aromatic carbocycles. The molecule has 1 atom stereocenters. The van der Waals surface area contributed by atoms with Crippen LogP contribution in [0.1, 0.15) is 18.9 Å². The van der Waals surface area contributed by atoms with Crippen molar-refractivity contribution in [2.24, 2.45) is 0 Å². The third kappa shape index (κ3) is 3.72. The number of carbonyl (C=O) groups is 2. The molecule has 1 heterocycles. The molecule has 0 spiro atoms. The van der Waals surface area contributed by atoms with Gasteiger partial charge in [-0.15, -0.1) is 0 Å². The molecule has 2 amide bonds. The van der Waals surface area contributed by atoms with E-state index in [9.17, 15) is 9.59 Å². The van der Waals surface area contributed by atoms with Gasteiger partial charge in [0.15, 0.2) is 0 Å². The highest BCUT2D eigenvalue weighted by molar-refractivity contribution is 6.01. The molecule has 1 saturated heterocycles. The van der Waals surface area contributed by atoms with Crippen molar-refractivity contribution in [3.63, 3.8) is 0 Å². The van der Waals surface area contributed by atoms with E-state index in [0.29, 0.717) is 31.7 Å². The zero-order chi connectivity index (χ0) is 18.5. The Kier molecular flexibility index (Phi) is 5.56. The molecule has 0 bridgehead atoms. The standard InChI is InChI=1S/C21H24N2O3/c1-16-21(25)23(18-10-6-7-11-19(18)26-2)15-14-22(16)20(24)13-12-17-8-4-3-5-9-17/h3-11,16H,12-15H2,1-2H3/t16-/m1/s1. The SMILES string of the molecule is COc1ccccc1N1CCN(C(=O)CCc2ccccc2)[C@H](C)C1=O. The van der Waals surface area contributed by atoms with Crippen LogP contribution in [-0.4, -0.2) is 43.0 Å². The topological polar surface area (TPSA) is 49.9 Å². The van der Waals surface area contributed by atoms with Crippen LogP contribution in [0.4, 0.5) is 5.69 Å². The fraction of sp³-hybridized carbons (Fsp3) is 0.333. The van der Waals surface area contributed by atoms with Crippen molar-refractivity contribution in [1.82, 2.24) is 4.90 Å². The zero-order valence-corrected chi connectivity index (χ0v) is 15.2. The van der Waals surface area contributed by atoms with Gasteiger partial charge in [-0.3, -0.25) is 9.59 Å². The third-order valence-corrected chi connectivity index (χ3v) is 4.82. The number of hydrogen-bond acceptors (Lipinski definition) is 3. The summed E-state index contributed by atoms with van der Waals surface area (Å²) < 4.78 is 5.37. The van der Waals surface area contributed by atoms with Crippen molar-refractivity contribution in [1.29, 1.82) is 0 Å². The number of aryl methyl sites for hydroxylation is 1. The minimum atomic E-state index is -0.475. The van der Waals surface area contributed by atoms with Crippen LogP contribution >= 0.6 is 0 Å². The first-order valence-corrected chi connectivity index (χ1v) is 8.89. The summed E-state index contributed by atoms with van der Waals surface area (Å²) in [5.74, 6) is 0.611. The number of benzene rings is 2. The van der Waals surface area contributed by atoms with Crippen molar-refractivity contribution >= 4 is 17.5 Å². The molecule has 3 rings (SSSR count). The van der Waals surface area contributed by atoms with Gasteiger partial charge in [-0.05, 0) is 31.0 Å². The molecule has 26 heavy (non-hydrogen) atoms. The van der Waals surface area contributed by atoms with Crippen LogP contribution in [-0.2, 0) is 16.0 Å². The van der Waals surface area contributed by atoms with Gasteiger partial charge in [-0.1, -0.05) is 42.5 Å². The lowest BCUT2D eigenvalue weighted by molar-refractivity contribution is -0.140. The summed E-state index contributed by atoms with van der Waals surface area (Å²) >= 11 is 0. The van der Waals surface area contributed by atoms with Gasteiger partial charge < -0.3 is 14.5 Å². The van der Waals surface area contributed by atoms with Gasteiger partial charge in [0, 0.05) is 19.5 Å². The molecule has 1 fully saturated rings. The van der Waals surface area contributed by atoms with E-state index in [0.717, 1.165) is 11.3 Å². The third-order valence-electron chi connectivity index (χ3n) is 4.82. The number of hydrogen-bond donors (Lipinski definition) is 0. The molecule has 0 aliphatic carbocycles. The summed E-state index contributed by atoms with van der Waals surface area (Å²) in [7, 11) is 1.59. The van der Waals surface area contributed by atoms with Crippen LogP contribution in [0.5, 0.6) is 5.75 Å². The van der Waals surface area contributed by atoms with Gasteiger partial charge in [0.2, 0.25) is 11.8 Å². The van der Waals surface area contributed by atoms with Crippen LogP contribution in [0.25, 0.3) is 0 Å². The van der Waals surface area contributed by atoms with Crippen LogP contribution in [0, 0.1) is 0 Å². The predicted octanol–water partition coefficient (Wildman–Crippen LogP) is 2.89. The largest absolute Gasteiger partial charge is 0.495 e. The molecule has 0 saturated carbocycles. The maximum absolute atomic E-state index is 12.9. The zero-order valence-electron chi connectivity index (χ0n) is 15.2. The summed E-state index contributed by atoms with van der Waals surface area (Å²) in [6.45, 7) is 2.80. The van der Waals surface area contributed by atoms with E-state index in [4.69, 9.17) is 4.74 Å². The summed E-state index contributed by atoms with van der Waals surface area (Å²) in [5.41, 5.74) is 1.88. The maximum atomic E-state index is 12.9. The average Bonchev–Trinajstić information content (AvgIpc) is 2.69. The second-order valence-corrected chi connectivity index (χ2v) is 6.41. The van der Waals surface area contributed by atoms with Crippen LogP contribution in [0.15, 0.2) is 54.6 Å². The summed E-state index contributed by atoms with van der Waals surface area (Å²) in [5, 5.41) is 0. The van der Waals surface area contributed by atoms with Gasteiger partial charge >= 0.3 is 0 Å². The number of para-hydroxylation sites is 2. The lowest BCUT2D eigenvalue weighted by Gasteiger charge is -2.39. The molecule has 0 unspecified atom stereocenters. The van der Waals surface area contributed by atoms with Crippen LogP contribution < -0.4 is 9.64 Å². The van der Waals surface area contributed by atoms with Gasteiger partial charge in [-0.2, -0.15) is 0 Å².